The van der Waals surface area contributed by atoms with Gasteiger partial charge in [0, 0.05) is 0 Å². The number of benzene rings is 1. The molecule has 8 heteroatoms. The van der Waals surface area contributed by atoms with E-state index >= 15 is 0 Å². The fourth-order valence-electron chi connectivity index (χ4n) is 1.01. The summed E-state index contributed by atoms with van der Waals surface area (Å²) >= 11 is 5.81. The first-order chi connectivity index (χ1) is 7.90. The molecule has 0 aliphatic carbocycles. The highest BCUT2D eigenvalue weighted by atomic mass is 35.5. The molecule has 0 aliphatic rings. The minimum Gasteiger partial charge on any atom is -0.478 e. The highest BCUT2D eigenvalue weighted by Crippen LogP contribution is 2.25. The average molecular weight is 256 g/mol. The second-order valence-corrected chi connectivity index (χ2v) is 3.39. The molecule has 0 saturated heterocycles. The van der Waals surface area contributed by atoms with E-state index in [-0.39, 0.29) is 28.2 Å². The third kappa shape index (κ3) is 3.65. The number of hydrogen-bond donors (Lipinski definition) is 4. The smallest absolute Gasteiger partial charge is 0.335 e. The number of nitrogens with two attached hydrogens (primary N) is 3. The standard InChI is InChI=1S/C9H10ClN5O2/c10-5-2-1-4(7(16)17)3-6(5)14-9(13)15-8(11)12/h1-3H,(H,16,17)(H6,11,12,13,14,15). The van der Waals surface area contributed by atoms with Gasteiger partial charge in [0.25, 0.3) is 0 Å². The second-order valence-electron chi connectivity index (χ2n) is 2.98. The van der Waals surface area contributed by atoms with Gasteiger partial charge < -0.3 is 22.3 Å². The highest BCUT2D eigenvalue weighted by Gasteiger charge is 2.07. The Balaban J connectivity index is 3.18. The van der Waals surface area contributed by atoms with Gasteiger partial charge in [-0.2, -0.15) is 4.99 Å². The SMILES string of the molecule is NC(N)=NC(N)=Nc1cc(C(=O)O)ccc1Cl. The van der Waals surface area contributed by atoms with Gasteiger partial charge in [-0.05, 0) is 18.2 Å². The summed E-state index contributed by atoms with van der Waals surface area (Å²) in [6, 6.07) is 4.01. The molecule has 0 aromatic heterocycles. The Morgan fingerprint density at radius 2 is 1.94 bits per heavy atom. The second kappa shape index (κ2) is 5.17. The minimum atomic E-state index is -1.10. The number of hydrogen-bond acceptors (Lipinski definition) is 2. The molecular formula is C9H10ClN5O2. The molecule has 17 heavy (non-hydrogen) atoms. The van der Waals surface area contributed by atoms with Crippen LogP contribution in [0, 0.1) is 0 Å². The van der Waals surface area contributed by atoms with Crippen LogP contribution in [0.3, 0.4) is 0 Å². The number of carbonyl (C=O) groups is 1. The maximum Gasteiger partial charge on any atom is 0.335 e. The lowest BCUT2D eigenvalue weighted by atomic mass is 10.2. The summed E-state index contributed by atoms with van der Waals surface area (Å²) in [5, 5.41) is 9.03. The Labute approximate surface area is 102 Å². The predicted octanol–water partition coefficient (Wildman–Crippen LogP) is 0.258. The van der Waals surface area contributed by atoms with Gasteiger partial charge in [0.15, 0.2) is 5.96 Å². The molecule has 0 amide bonds. The van der Waals surface area contributed by atoms with Crippen molar-refractivity contribution in [2.24, 2.45) is 27.2 Å². The van der Waals surface area contributed by atoms with Crippen molar-refractivity contribution in [2.45, 2.75) is 0 Å². The van der Waals surface area contributed by atoms with Crippen LogP contribution in [0.25, 0.3) is 0 Å². The zero-order valence-electron chi connectivity index (χ0n) is 8.59. The number of guanidine groups is 2. The van der Waals surface area contributed by atoms with E-state index in [0.717, 1.165) is 0 Å². The van der Waals surface area contributed by atoms with E-state index < -0.39 is 5.97 Å². The van der Waals surface area contributed by atoms with E-state index in [9.17, 15) is 4.79 Å². The van der Waals surface area contributed by atoms with Gasteiger partial charge in [0.05, 0.1) is 16.3 Å². The molecule has 0 spiro atoms. The summed E-state index contributed by atoms with van der Waals surface area (Å²) < 4.78 is 0. The van der Waals surface area contributed by atoms with Crippen LogP contribution in [-0.4, -0.2) is 23.0 Å². The van der Waals surface area contributed by atoms with Gasteiger partial charge in [-0.25, -0.2) is 9.79 Å². The van der Waals surface area contributed by atoms with Crippen LogP contribution in [0.15, 0.2) is 28.2 Å². The van der Waals surface area contributed by atoms with Gasteiger partial charge in [-0.15, -0.1) is 0 Å². The average Bonchev–Trinajstić information content (AvgIpc) is 2.19. The van der Waals surface area contributed by atoms with Crippen LogP contribution in [0.2, 0.25) is 5.02 Å². The van der Waals surface area contributed by atoms with Gasteiger partial charge in [-0.3, -0.25) is 0 Å². The summed E-state index contributed by atoms with van der Waals surface area (Å²) in [4.78, 5) is 18.0. The fourth-order valence-corrected chi connectivity index (χ4v) is 1.17. The van der Waals surface area contributed by atoms with Crippen molar-refractivity contribution in [1.82, 2.24) is 0 Å². The van der Waals surface area contributed by atoms with E-state index in [0.29, 0.717) is 0 Å². The molecule has 0 saturated carbocycles. The summed E-state index contributed by atoms with van der Waals surface area (Å²) in [7, 11) is 0. The maximum atomic E-state index is 10.7. The molecule has 1 rings (SSSR count). The first kappa shape index (κ1) is 12.8. The lowest BCUT2D eigenvalue weighted by molar-refractivity contribution is 0.0697. The molecule has 0 unspecified atom stereocenters. The Morgan fingerprint density at radius 3 is 2.47 bits per heavy atom. The van der Waals surface area contributed by atoms with Crippen molar-refractivity contribution in [2.75, 3.05) is 0 Å². The van der Waals surface area contributed by atoms with E-state index in [4.69, 9.17) is 33.9 Å². The van der Waals surface area contributed by atoms with Crippen molar-refractivity contribution in [3.63, 3.8) is 0 Å². The summed E-state index contributed by atoms with van der Waals surface area (Å²) in [5.41, 5.74) is 15.8. The molecule has 0 bridgehead atoms. The van der Waals surface area contributed by atoms with Gasteiger partial charge >= 0.3 is 5.97 Å². The molecule has 90 valence electrons. The summed E-state index contributed by atoms with van der Waals surface area (Å²) in [6.45, 7) is 0. The van der Waals surface area contributed by atoms with Gasteiger partial charge in [0.1, 0.15) is 0 Å². The Morgan fingerprint density at radius 1 is 1.29 bits per heavy atom. The summed E-state index contributed by atoms with van der Waals surface area (Å²) in [6.07, 6.45) is 0. The van der Waals surface area contributed by atoms with Crippen LogP contribution in [0.4, 0.5) is 5.69 Å². The van der Waals surface area contributed by atoms with Crippen molar-refractivity contribution >= 4 is 35.2 Å². The van der Waals surface area contributed by atoms with E-state index in [1.165, 1.54) is 18.2 Å². The largest absolute Gasteiger partial charge is 0.478 e. The van der Waals surface area contributed by atoms with Gasteiger partial charge in [0.2, 0.25) is 5.96 Å². The van der Waals surface area contributed by atoms with Gasteiger partial charge in [-0.1, -0.05) is 11.6 Å². The normalized spacial score (nSPS) is 11.0. The van der Waals surface area contributed by atoms with E-state index in [1.54, 1.807) is 0 Å². The monoisotopic (exact) mass is 255 g/mol. The fraction of sp³-hybridized carbons (Fsp3) is 0. The number of aliphatic imine (C=N–C) groups is 2. The maximum absolute atomic E-state index is 10.7. The van der Waals surface area contributed by atoms with Crippen LogP contribution < -0.4 is 17.2 Å². The van der Waals surface area contributed by atoms with Crippen molar-refractivity contribution in [3.05, 3.63) is 28.8 Å². The predicted molar refractivity (Wildman–Crippen MR) is 65.5 cm³/mol. The molecule has 0 atom stereocenters. The Hall–Kier alpha value is -2.28. The third-order valence-corrected chi connectivity index (χ3v) is 1.99. The number of nitrogens with zero attached hydrogens (tertiary/aromatic N) is 2. The molecule has 7 nitrogen and oxygen atoms in total. The number of rotatable bonds is 2. The van der Waals surface area contributed by atoms with Crippen molar-refractivity contribution in [1.29, 1.82) is 0 Å². The van der Waals surface area contributed by atoms with E-state index in [1.807, 2.05) is 0 Å². The molecule has 0 heterocycles. The topological polar surface area (TPSA) is 140 Å². The molecule has 0 fully saturated rings. The first-order valence-corrected chi connectivity index (χ1v) is 4.74. The highest BCUT2D eigenvalue weighted by molar-refractivity contribution is 6.33. The van der Waals surface area contributed by atoms with Crippen LogP contribution in [-0.2, 0) is 0 Å². The molecule has 0 aliphatic heterocycles. The molecule has 1 aromatic carbocycles. The Kier molecular flexibility index (Phi) is 3.89. The number of carboxylic acids is 1. The summed E-state index contributed by atoms with van der Waals surface area (Å²) in [5.74, 6) is -1.57. The number of aromatic carboxylic acids is 1. The van der Waals surface area contributed by atoms with Crippen LogP contribution in [0.5, 0.6) is 0 Å². The Bertz CT molecular complexity index is 508. The van der Waals surface area contributed by atoms with E-state index in [2.05, 4.69) is 9.98 Å². The third-order valence-electron chi connectivity index (χ3n) is 1.67. The molecule has 7 N–H and O–H groups in total. The quantitative estimate of drug-likeness (QED) is 0.443. The lowest BCUT2D eigenvalue weighted by Crippen LogP contribution is -2.26. The zero-order valence-corrected chi connectivity index (χ0v) is 9.35. The minimum absolute atomic E-state index is 0.0330. The first-order valence-electron chi connectivity index (χ1n) is 4.37. The van der Waals surface area contributed by atoms with Crippen LogP contribution >= 0.6 is 11.6 Å². The molecule has 1 aromatic rings. The molecular weight excluding hydrogens is 246 g/mol. The van der Waals surface area contributed by atoms with Crippen molar-refractivity contribution in [3.8, 4) is 0 Å². The van der Waals surface area contributed by atoms with Crippen LogP contribution in [0.1, 0.15) is 10.4 Å². The lowest BCUT2D eigenvalue weighted by Gasteiger charge is -2.01. The number of carboxylic acid groups (broad SMARTS) is 1. The van der Waals surface area contributed by atoms with Crippen molar-refractivity contribution < 1.29 is 9.90 Å². The number of halogens is 1. The zero-order chi connectivity index (χ0) is 13.0. The molecule has 0 radical (unpaired) electrons.